The number of hydrogen-bond donors (Lipinski definition) is 0. The van der Waals surface area contributed by atoms with Crippen LogP contribution in [0.2, 0.25) is 0 Å². The minimum atomic E-state index is -0.0458. The largest absolute Gasteiger partial charge is 0.493 e. The van der Waals surface area contributed by atoms with E-state index in [9.17, 15) is 4.79 Å². The van der Waals surface area contributed by atoms with Crippen molar-refractivity contribution in [3.8, 4) is 22.6 Å². The smallest absolute Gasteiger partial charge is 0.185 e. The maximum absolute atomic E-state index is 13.1. The van der Waals surface area contributed by atoms with Crippen molar-refractivity contribution in [1.82, 2.24) is 19.8 Å². The Morgan fingerprint density at radius 3 is 2.48 bits per heavy atom. The van der Waals surface area contributed by atoms with Gasteiger partial charge in [0.25, 0.3) is 0 Å². The van der Waals surface area contributed by atoms with Gasteiger partial charge in [-0.3, -0.25) is 4.79 Å². The van der Waals surface area contributed by atoms with E-state index in [1.54, 1.807) is 25.8 Å². The van der Waals surface area contributed by atoms with Gasteiger partial charge in [0.15, 0.2) is 28.6 Å². The third-order valence-electron chi connectivity index (χ3n) is 6.07. The summed E-state index contributed by atoms with van der Waals surface area (Å²) < 4.78 is 18.0. The van der Waals surface area contributed by atoms with E-state index in [-0.39, 0.29) is 11.7 Å². The molecule has 0 spiro atoms. The molecular weight excluding hydrogens is 420 g/mol. The highest BCUT2D eigenvalue weighted by Gasteiger charge is 2.32. The fourth-order valence-corrected chi connectivity index (χ4v) is 4.50. The van der Waals surface area contributed by atoms with Crippen LogP contribution in [0.4, 0.5) is 0 Å². The summed E-state index contributed by atoms with van der Waals surface area (Å²) in [6.07, 6.45) is 0.950. The van der Waals surface area contributed by atoms with Gasteiger partial charge in [0, 0.05) is 13.5 Å². The zero-order chi connectivity index (χ0) is 22.9. The predicted octanol–water partition coefficient (Wildman–Crippen LogP) is 3.87. The molecule has 0 N–H and O–H groups in total. The zero-order valence-corrected chi connectivity index (χ0v) is 18.7. The summed E-state index contributed by atoms with van der Waals surface area (Å²) in [6, 6.07) is 15.7. The van der Waals surface area contributed by atoms with E-state index in [0.717, 1.165) is 28.1 Å². The van der Waals surface area contributed by atoms with Gasteiger partial charge < -0.3 is 14.2 Å². The van der Waals surface area contributed by atoms with E-state index in [1.165, 1.54) is 0 Å². The summed E-state index contributed by atoms with van der Waals surface area (Å²) >= 11 is 0. The maximum Gasteiger partial charge on any atom is 0.185 e. The zero-order valence-electron chi connectivity index (χ0n) is 18.7. The number of ketones is 1. The van der Waals surface area contributed by atoms with Crippen molar-refractivity contribution in [2.24, 2.45) is 0 Å². The van der Waals surface area contributed by atoms with Crippen molar-refractivity contribution >= 4 is 11.4 Å². The van der Waals surface area contributed by atoms with E-state index >= 15 is 0 Å². The fourth-order valence-electron chi connectivity index (χ4n) is 4.50. The number of nitrogens with zero attached hydrogens (tertiary/aromatic N) is 4. The Hall–Kier alpha value is -3.78. The van der Waals surface area contributed by atoms with Crippen molar-refractivity contribution < 1.29 is 19.0 Å². The first kappa shape index (κ1) is 21.1. The number of aromatic nitrogens is 4. The third-order valence-corrected chi connectivity index (χ3v) is 6.07. The molecule has 0 amide bonds. The number of carbonyl (C=O) groups is 1. The number of methoxy groups -OCH3 is 3. The van der Waals surface area contributed by atoms with E-state index in [4.69, 9.17) is 19.3 Å². The first-order valence-corrected chi connectivity index (χ1v) is 10.7. The predicted molar refractivity (Wildman–Crippen MR) is 122 cm³/mol. The molecule has 0 bridgehead atoms. The third kappa shape index (κ3) is 3.62. The molecule has 2 aromatic carbocycles. The van der Waals surface area contributed by atoms with E-state index in [1.807, 2.05) is 48.5 Å². The topological polar surface area (TPSA) is 87.8 Å². The fraction of sp³-hybridized carbons (Fsp3) is 0.280. The van der Waals surface area contributed by atoms with Crippen LogP contribution in [0.3, 0.4) is 0 Å². The quantitative estimate of drug-likeness (QED) is 0.446. The van der Waals surface area contributed by atoms with Gasteiger partial charge in [-0.25, -0.2) is 4.52 Å². The van der Waals surface area contributed by atoms with Crippen LogP contribution in [-0.4, -0.2) is 46.9 Å². The van der Waals surface area contributed by atoms with Crippen molar-refractivity contribution in [3.63, 3.8) is 0 Å². The lowest BCUT2D eigenvalue weighted by Gasteiger charge is -2.24. The minimum absolute atomic E-state index is 0.0348. The normalized spacial score (nSPS) is 15.5. The molecule has 2 heterocycles. The molecule has 1 aliphatic rings. The Labute approximate surface area is 191 Å². The molecule has 33 heavy (non-hydrogen) atoms. The van der Waals surface area contributed by atoms with Gasteiger partial charge >= 0.3 is 0 Å². The van der Waals surface area contributed by atoms with Crippen LogP contribution < -0.4 is 9.47 Å². The number of hydrogen-bond acceptors (Lipinski definition) is 7. The molecule has 1 atom stereocenters. The van der Waals surface area contributed by atoms with E-state index < -0.39 is 0 Å². The molecule has 8 nitrogen and oxygen atoms in total. The molecule has 0 saturated heterocycles. The molecule has 168 valence electrons. The summed E-state index contributed by atoms with van der Waals surface area (Å²) in [5, 5.41) is 13.5. The maximum atomic E-state index is 13.1. The van der Waals surface area contributed by atoms with Gasteiger partial charge in [0.1, 0.15) is 0 Å². The summed E-state index contributed by atoms with van der Waals surface area (Å²) in [7, 11) is 4.85. The highest BCUT2D eigenvalue weighted by atomic mass is 16.5. The second-order valence-electron chi connectivity index (χ2n) is 7.99. The van der Waals surface area contributed by atoms with E-state index in [0.29, 0.717) is 42.3 Å². The average molecular weight is 444 g/mol. The van der Waals surface area contributed by atoms with Crippen LogP contribution in [0.5, 0.6) is 11.5 Å². The lowest BCUT2D eigenvalue weighted by atomic mass is 9.83. The second-order valence-corrected chi connectivity index (χ2v) is 7.99. The van der Waals surface area contributed by atoms with Crippen LogP contribution in [0, 0.1) is 0 Å². The van der Waals surface area contributed by atoms with Gasteiger partial charge in [-0.15, -0.1) is 10.2 Å². The van der Waals surface area contributed by atoms with Gasteiger partial charge in [-0.1, -0.05) is 36.4 Å². The number of rotatable bonds is 6. The minimum Gasteiger partial charge on any atom is -0.493 e. The first-order valence-electron chi connectivity index (χ1n) is 10.7. The molecule has 0 unspecified atom stereocenters. The Morgan fingerprint density at radius 2 is 1.76 bits per heavy atom. The van der Waals surface area contributed by atoms with E-state index in [2.05, 4.69) is 10.2 Å². The van der Waals surface area contributed by atoms with Crippen LogP contribution in [0.25, 0.3) is 16.8 Å². The standard InChI is InChI=1S/C25H24N4O4/c1-31-14-18-23(15-7-5-4-6-8-15)25-27-26-24-19(29(25)28-18)11-17(12-20(24)30)16-9-10-21(32-2)22(13-16)33-3/h4-10,13,17H,11-12,14H2,1-3H3/t17-/m1/s1. The van der Waals surface area contributed by atoms with Gasteiger partial charge in [0.05, 0.1) is 37.8 Å². The number of Topliss-reactive ketones (excluding diaryl/α,β-unsaturated/α-hetero) is 1. The summed E-state index contributed by atoms with van der Waals surface area (Å²) in [4.78, 5) is 13.1. The highest BCUT2D eigenvalue weighted by Crippen LogP contribution is 2.37. The lowest BCUT2D eigenvalue weighted by molar-refractivity contribution is 0.0955. The second kappa shape index (κ2) is 8.63. The Morgan fingerprint density at radius 1 is 0.970 bits per heavy atom. The van der Waals surface area contributed by atoms with Crippen molar-refractivity contribution in [2.45, 2.75) is 25.4 Å². The van der Waals surface area contributed by atoms with Crippen molar-refractivity contribution in [3.05, 3.63) is 71.2 Å². The number of ether oxygens (including phenoxy) is 3. The molecule has 0 aliphatic heterocycles. The van der Waals surface area contributed by atoms with Crippen LogP contribution in [-0.2, 0) is 17.8 Å². The molecule has 5 rings (SSSR count). The van der Waals surface area contributed by atoms with Crippen molar-refractivity contribution in [1.29, 1.82) is 0 Å². The van der Waals surface area contributed by atoms with Gasteiger partial charge in [-0.2, -0.15) is 5.10 Å². The monoisotopic (exact) mass is 444 g/mol. The first-order chi connectivity index (χ1) is 16.1. The lowest BCUT2D eigenvalue weighted by Crippen LogP contribution is -2.24. The average Bonchev–Trinajstić information content (AvgIpc) is 3.22. The SMILES string of the molecule is COCc1nn2c3c(nnc2c1-c1ccccc1)C(=O)C[C@H](c1ccc(OC)c(OC)c1)C3. The van der Waals surface area contributed by atoms with Crippen LogP contribution in [0.1, 0.15) is 39.8 Å². The summed E-state index contributed by atoms with van der Waals surface area (Å²) in [5.74, 6) is 1.21. The van der Waals surface area contributed by atoms with Gasteiger partial charge in [0.2, 0.25) is 0 Å². The molecule has 1 aliphatic carbocycles. The molecular formula is C25H24N4O4. The summed E-state index contributed by atoms with van der Waals surface area (Å²) in [5.41, 5.74) is 5.37. The molecule has 0 fully saturated rings. The molecule has 0 radical (unpaired) electrons. The number of fused-ring (bicyclic) bond motifs is 3. The highest BCUT2D eigenvalue weighted by molar-refractivity contribution is 5.97. The van der Waals surface area contributed by atoms with Gasteiger partial charge in [-0.05, 0) is 35.6 Å². The van der Waals surface area contributed by atoms with Crippen molar-refractivity contribution in [2.75, 3.05) is 21.3 Å². The summed E-state index contributed by atoms with van der Waals surface area (Å²) in [6.45, 7) is 0.329. The van der Waals surface area contributed by atoms with Crippen LogP contribution in [0.15, 0.2) is 48.5 Å². The Bertz CT molecular complexity index is 1330. The Balaban J connectivity index is 1.64. The Kier molecular flexibility index (Phi) is 5.51. The molecule has 8 heteroatoms. The number of benzene rings is 2. The number of carbonyl (C=O) groups excluding carboxylic acids is 1. The molecule has 2 aromatic heterocycles. The van der Waals surface area contributed by atoms with Crippen LogP contribution >= 0.6 is 0 Å². The molecule has 0 saturated carbocycles. The molecule has 4 aromatic rings.